The van der Waals surface area contributed by atoms with Crippen LogP contribution in [0.5, 0.6) is 0 Å². The summed E-state index contributed by atoms with van der Waals surface area (Å²) in [5, 5.41) is 0. The zero-order valence-corrected chi connectivity index (χ0v) is 10.7. The number of fused-ring (bicyclic) bond motifs is 1. The second-order valence-electron chi connectivity index (χ2n) is 5.68. The minimum absolute atomic E-state index is 0.132. The molecule has 3 nitrogen and oxygen atoms in total. The van der Waals surface area contributed by atoms with Gasteiger partial charge < -0.3 is 5.73 Å². The molecule has 1 heterocycles. The first kappa shape index (κ1) is 11.4. The lowest BCUT2D eigenvalue weighted by Crippen LogP contribution is -2.27. The zero-order chi connectivity index (χ0) is 11.9. The third-order valence-corrected chi connectivity index (χ3v) is 3.44. The van der Waals surface area contributed by atoms with E-state index in [1.807, 2.05) is 0 Å². The van der Waals surface area contributed by atoms with Gasteiger partial charge in [0.15, 0.2) is 0 Å². The molecule has 0 atom stereocenters. The van der Waals surface area contributed by atoms with Crippen LogP contribution in [0.1, 0.15) is 63.5 Å². The van der Waals surface area contributed by atoms with E-state index in [-0.39, 0.29) is 5.41 Å². The van der Waals surface area contributed by atoms with E-state index in [0.29, 0.717) is 11.7 Å². The molecule has 1 aromatic rings. The quantitative estimate of drug-likeness (QED) is 0.790. The molecule has 88 valence electrons. The molecular formula is C13H21N3. The van der Waals surface area contributed by atoms with Crippen LogP contribution in [0, 0.1) is 0 Å². The summed E-state index contributed by atoms with van der Waals surface area (Å²) in [5.74, 6) is 1.92. The van der Waals surface area contributed by atoms with E-state index in [2.05, 4.69) is 37.7 Å². The zero-order valence-electron chi connectivity index (χ0n) is 10.7. The lowest BCUT2D eigenvalue weighted by Gasteiger charge is -2.32. The van der Waals surface area contributed by atoms with Gasteiger partial charge in [0.05, 0.1) is 0 Å². The van der Waals surface area contributed by atoms with Gasteiger partial charge in [-0.15, -0.1) is 0 Å². The average molecular weight is 219 g/mol. The fourth-order valence-corrected chi connectivity index (χ4v) is 2.55. The fourth-order valence-electron chi connectivity index (χ4n) is 2.55. The largest absolute Gasteiger partial charge is 0.383 e. The van der Waals surface area contributed by atoms with Crippen molar-refractivity contribution in [2.45, 2.75) is 58.3 Å². The smallest absolute Gasteiger partial charge is 0.133 e. The molecule has 0 radical (unpaired) electrons. The number of hydrogen-bond donors (Lipinski definition) is 1. The first-order chi connectivity index (χ1) is 7.42. The molecule has 0 saturated heterocycles. The van der Waals surface area contributed by atoms with Crippen LogP contribution in [0.2, 0.25) is 0 Å². The maximum absolute atomic E-state index is 6.10. The highest BCUT2D eigenvalue weighted by Gasteiger charge is 2.31. The standard InChI is InChI=1S/C13H21N3/c1-8(2)12-15-9-6-5-7-13(3,4)10(9)11(14)16-12/h8H,5-7H2,1-4H3,(H2,14,15,16). The van der Waals surface area contributed by atoms with Crippen molar-refractivity contribution in [3.63, 3.8) is 0 Å². The van der Waals surface area contributed by atoms with Gasteiger partial charge in [0.2, 0.25) is 0 Å². The van der Waals surface area contributed by atoms with E-state index in [9.17, 15) is 0 Å². The molecule has 0 spiro atoms. The highest BCUT2D eigenvalue weighted by atomic mass is 15.0. The summed E-state index contributed by atoms with van der Waals surface area (Å²) >= 11 is 0. The van der Waals surface area contributed by atoms with Crippen molar-refractivity contribution in [3.8, 4) is 0 Å². The monoisotopic (exact) mass is 219 g/mol. The summed E-state index contributed by atoms with van der Waals surface area (Å²) in [4.78, 5) is 9.13. The van der Waals surface area contributed by atoms with E-state index in [1.165, 1.54) is 24.1 Å². The number of nitrogens with two attached hydrogens (primary N) is 1. The van der Waals surface area contributed by atoms with E-state index >= 15 is 0 Å². The number of aromatic nitrogens is 2. The minimum atomic E-state index is 0.132. The van der Waals surface area contributed by atoms with Crippen LogP contribution in [-0.4, -0.2) is 9.97 Å². The van der Waals surface area contributed by atoms with E-state index in [0.717, 1.165) is 12.2 Å². The molecule has 0 unspecified atom stereocenters. The van der Waals surface area contributed by atoms with E-state index < -0.39 is 0 Å². The average Bonchev–Trinajstić information content (AvgIpc) is 2.15. The van der Waals surface area contributed by atoms with Crippen molar-refractivity contribution >= 4 is 5.82 Å². The van der Waals surface area contributed by atoms with Crippen molar-refractivity contribution in [2.24, 2.45) is 0 Å². The highest BCUT2D eigenvalue weighted by molar-refractivity contribution is 5.48. The van der Waals surface area contributed by atoms with Crippen LogP contribution in [-0.2, 0) is 11.8 Å². The molecule has 2 rings (SSSR count). The Morgan fingerprint density at radius 3 is 2.56 bits per heavy atom. The number of nitrogen functional groups attached to an aromatic ring is 1. The van der Waals surface area contributed by atoms with Crippen LogP contribution >= 0.6 is 0 Å². The Labute approximate surface area is 97.5 Å². The van der Waals surface area contributed by atoms with Gasteiger partial charge in [-0.1, -0.05) is 27.7 Å². The second kappa shape index (κ2) is 3.72. The number of anilines is 1. The summed E-state index contributed by atoms with van der Waals surface area (Å²) < 4.78 is 0. The van der Waals surface area contributed by atoms with Gasteiger partial charge in [-0.2, -0.15) is 0 Å². The molecule has 0 saturated carbocycles. The third-order valence-electron chi connectivity index (χ3n) is 3.44. The third kappa shape index (κ3) is 1.79. The molecule has 16 heavy (non-hydrogen) atoms. The molecule has 0 fully saturated rings. The van der Waals surface area contributed by atoms with Gasteiger partial charge in [-0.3, -0.25) is 0 Å². The van der Waals surface area contributed by atoms with Crippen molar-refractivity contribution in [1.82, 2.24) is 9.97 Å². The number of rotatable bonds is 1. The van der Waals surface area contributed by atoms with Crippen molar-refractivity contribution < 1.29 is 0 Å². The van der Waals surface area contributed by atoms with Crippen molar-refractivity contribution in [3.05, 3.63) is 17.1 Å². The summed E-state index contributed by atoms with van der Waals surface area (Å²) in [5.41, 5.74) is 8.59. The lowest BCUT2D eigenvalue weighted by molar-refractivity contribution is 0.424. The SMILES string of the molecule is CC(C)c1nc(N)c2c(n1)CCCC2(C)C. The molecule has 1 aliphatic rings. The van der Waals surface area contributed by atoms with Gasteiger partial charge >= 0.3 is 0 Å². The van der Waals surface area contributed by atoms with Gasteiger partial charge in [-0.25, -0.2) is 9.97 Å². The van der Waals surface area contributed by atoms with E-state index in [4.69, 9.17) is 5.73 Å². The van der Waals surface area contributed by atoms with Gasteiger partial charge in [0, 0.05) is 17.2 Å². The first-order valence-electron chi connectivity index (χ1n) is 6.08. The predicted octanol–water partition coefficient (Wildman–Crippen LogP) is 2.80. The number of hydrogen-bond acceptors (Lipinski definition) is 3. The highest BCUT2D eigenvalue weighted by Crippen LogP contribution is 2.38. The summed E-state index contributed by atoms with van der Waals surface area (Å²) in [6.45, 7) is 8.68. The van der Waals surface area contributed by atoms with Crippen LogP contribution in [0.4, 0.5) is 5.82 Å². The molecule has 0 amide bonds. The topological polar surface area (TPSA) is 51.8 Å². The van der Waals surface area contributed by atoms with Crippen LogP contribution < -0.4 is 5.73 Å². The van der Waals surface area contributed by atoms with Crippen molar-refractivity contribution in [2.75, 3.05) is 5.73 Å². The van der Waals surface area contributed by atoms with Crippen LogP contribution in [0.25, 0.3) is 0 Å². The minimum Gasteiger partial charge on any atom is -0.383 e. The first-order valence-corrected chi connectivity index (χ1v) is 6.08. The molecule has 2 N–H and O–H groups in total. The molecule has 1 aliphatic carbocycles. The molecular weight excluding hydrogens is 198 g/mol. The molecule has 0 bridgehead atoms. The maximum atomic E-state index is 6.10. The Morgan fingerprint density at radius 1 is 1.25 bits per heavy atom. The predicted molar refractivity (Wildman–Crippen MR) is 66.5 cm³/mol. The van der Waals surface area contributed by atoms with Gasteiger partial charge in [-0.05, 0) is 24.7 Å². The fraction of sp³-hybridized carbons (Fsp3) is 0.692. The Balaban J connectivity index is 2.57. The second-order valence-corrected chi connectivity index (χ2v) is 5.68. The molecule has 1 aromatic heterocycles. The molecule has 0 aromatic carbocycles. The van der Waals surface area contributed by atoms with E-state index in [1.54, 1.807) is 0 Å². The van der Waals surface area contributed by atoms with Crippen molar-refractivity contribution in [1.29, 1.82) is 0 Å². The lowest BCUT2D eigenvalue weighted by atomic mass is 9.74. The Morgan fingerprint density at radius 2 is 1.94 bits per heavy atom. The van der Waals surface area contributed by atoms with Gasteiger partial charge in [0.25, 0.3) is 0 Å². The normalized spacial score (nSPS) is 18.6. The van der Waals surface area contributed by atoms with Crippen LogP contribution in [0.3, 0.4) is 0 Å². The maximum Gasteiger partial charge on any atom is 0.133 e. The van der Waals surface area contributed by atoms with Gasteiger partial charge in [0.1, 0.15) is 11.6 Å². The molecule has 0 aliphatic heterocycles. The Kier molecular flexibility index (Phi) is 2.64. The summed E-state index contributed by atoms with van der Waals surface area (Å²) in [6, 6.07) is 0. The summed E-state index contributed by atoms with van der Waals surface area (Å²) in [7, 11) is 0. The van der Waals surface area contributed by atoms with Crippen LogP contribution in [0.15, 0.2) is 0 Å². The molecule has 3 heteroatoms. The summed E-state index contributed by atoms with van der Waals surface area (Å²) in [6.07, 6.45) is 3.42. The Bertz CT molecular complexity index is 408. The Hall–Kier alpha value is -1.12. The number of aryl methyl sites for hydroxylation is 1. The number of nitrogens with zero attached hydrogens (tertiary/aromatic N) is 2.